The number of hydrogen-bond donors (Lipinski definition) is 3. The van der Waals surface area contributed by atoms with Crippen molar-refractivity contribution in [3.8, 4) is 0 Å². The first-order valence-electron chi connectivity index (χ1n) is 34.9. The molecule has 76 heavy (non-hydrogen) atoms. The monoisotopic (exact) mass is 1070 g/mol. The fraction of sp³-hybridized carbons (Fsp3) is 0.943. The van der Waals surface area contributed by atoms with Crippen molar-refractivity contribution in [3.05, 3.63) is 12.2 Å². The molecular weight excluding hydrogens is 935 g/mol. The number of rotatable bonds is 66. The zero-order chi connectivity index (χ0) is 55.0. The fourth-order valence-corrected chi connectivity index (χ4v) is 11.2. The molecule has 0 spiro atoms. The second-order valence-corrected chi connectivity index (χ2v) is 24.2. The molecule has 0 aliphatic rings. The van der Waals surface area contributed by atoms with Gasteiger partial charge in [0.15, 0.2) is 0 Å². The first kappa shape index (κ1) is 74.6. The third-order valence-corrected chi connectivity index (χ3v) is 16.6. The quantitative estimate of drug-likeness (QED) is 0.0320. The van der Waals surface area contributed by atoms with Gasteiger partial charge in [0.2, 0.25) is 5.91 Å². The van der Waals surface area contributed by atoms with Gasteiger partial charge in [-0.05, 0) is 51.4 Å². The van der Waals surface area contributed by atoms with E-state index in [1.54, 1.807) is 0 Å². The summed E-state index contributed by atoms with van der Waals surface area (Å²) < 4.78 is 5.51. The predicted molar refractivity (Wildman–Crippen MR) is 333 cm³/mol. The van der Waals surface area contributed by atoms with Crippen molar-refractivity contribution >= 4 is 11.9 Å². The van der Waals surface area contributed by atoms with Gasteiger partial charge in [0.05, 0.1) is 25.4 Å². The molecule has 0 aliphatic heterocycles. The number of ether oxygens (including phenoxy) is 1. The molecule has 0 aromatic rings. The lowest BCUT2D eigenvalue weighted by Crippen LogP contribution is -2.45. The van der Waals surface area contributed by atoms with Crippen molar-refractivity contribution in [1.82, 2.24) is 5.32 Å². The molecule has 1 amide bonds. The van der Waals surface area contributed by atoms with Gasteiger partial charge < -0.3 is 20.3 Å². The lowest BCUT2D eigenvalue weighted by Gasteiger charge is -2.22. The van der Waals surface area contributed by atoms with Crippen LogP contribution in [0.1, 0.15) is 399 Å². The van der Waals surface area contributed by atoms with Crippen LogP contribution < -0.4 is 5.32 Å². The number of aliphatic hydroxyl groups excluding tert-OH is 2. The molecule has 0 saturated carbocycles. The van der Waals surface area contributed by atoms with Gasteiger partial charge in [0.25, 0.3) is 0 Å². The molecule has 0 heterocycles. The second-order valence-electron chi connectivity index (χ2n) is 24.2. The highest BCUT2D eigenvalue weighted by molar-refractivity contribution is 5.76. The first-order valence-corrected chi connectivity index (χ1v) is 34.9. The van der Waals surface area contributed by atoms with Crippen LogP contribution in [0.2, 0.25) is 0 Å². The molecule has 6 heteroatoms. The van der Waals surface area contributed by atoms with Crippen molar-refractivity contribution in [2.75, 3.05) is 13.2 Å². The van der Waals surface area contributed by atoms with E-state index in [0.29, 0.717) is 25.9 Å². The minimum absolute atomic E-state index is 0.0116. The van der Waals surface area contributed by atoms with Crippen LogP contribution in [0.5, 0.6) is 0 Å². The molecule has 6 nitrogen and oxygen atoms in total. The first-order chi connectivity index (χ1) is 37.5. The third kappa shape index (κ3) is 61.8. The molecule has 2 atom stereocenters. The molecule has 0 rings (SSSR count). The van der Waals surface area contributed by atoms with Crippen LogP contribution in [-0.2, 0) is 14.3 Å². The van der Waals surface area contributed by atoms with Gasteiger partial charge in [-0.15, -0.1) is 0 Å². The Balaban J connectivity index is 3.37. The zero-order valence-electron chi connectivity index (χ0n) is 51.8. The molecule has 0 aromatic heterocycles. The van der Waals surface area contributed by atoms with Gasteiger partial charge in [-0.25, -0.2) is 0 Å². The van der Waals surface area contributed by atoms with Crippen molar-refractivity contribution in [2.45, 2.75) is 411 Å². The predicted octanol–water partition coefficient (Wildman–Crippen LogP) is 22.4. The zero-order valence-corrected chi connectivity index (χ0v) is 51.8. The van der Waals surface area contributed by atoms with Crippen molar-refractivity contribution in [2.24, 2.45) is 0 Å². The average Bonchev–Trinajstić information content (AvgIpc) is 3.42. The minimum Gasteiger partial charge on any atom is -0.466 e. The lowest BCUT2D eigenvalue weighted by atomic mass is 10.0. The maximum absolute atomic E-state index is 12.5. The maximum atomic E-state index is 12.5. The van der Waals surface area contributed by atoms with E-state index in [-0.39, 0.29) is 18.5 Å². The number of amides is 1. The Morgan fingerprint density at radius 2 is 0.618 bits per heavy atom. The Morgan fingerprint density at radius 3 is 0.934 bits per heavy atom. The molecule has 0 aliphatic carbocycles. The Kier molecular flexibility index (Phi) is 64.9. The van der Waals surface area contributed by atoms with Crippen LogP contribution in [-0.4, -0.2) is 47.4 Å². The van der Waals surface area contributed by atoms with Gasteiger partial charge >= 0.3 is 5.97 Å². The molecule has 2 unspecified atom stereocenters. The number of allylic oxidation sites excluding steroid dienone is 2. The highest BCUT2D eigenvalue weighted by atomic mass is 16.5. The van der Waals surface area contributed by atoms with Gasteiger partial charge in [0.1, 0.15) is 0 Å². The van der Waals surface area contributed by atoms with Crippen LogP contribution in [0.25, 0.3) is 0 Å². The topological polar surface area (TPSA) is 95.9 Å². The van der Waals surface area contributed by atoms with Crippen molar-refractivity contribution < 1.29 is 24.5 Å². The number of unbranched alkanes of at least 4 members (excludes halogenated alkanes) is 53. The van der Waals surface area contributed by atoms with E-state index >= 15 is 0 Å². The standard InChI is InChI=1S/C70H137NO5/c1-3-5-7-9-11-13-15-17-19-21-23-27-30-34-38-42-46-50-54-58-62-68(73)67(66-72)71-69(74)63-59-55-51-47-43-39-35-31-28-24-25-29-33-37-41-45-49-53-57-61-65-76-70(75)64-60-56-52-48-44-40-36-32-26-22-20-18-16-14-12-10-8-6-4-2/h18,20,67-68,72-73H,3-17,19,21-66H2,1-2H3,(H,71,74)/b20-18-. The number of carbonyl (C=O) groups excluding carboxylic acids is 2. The average molecular weight is 1070 g/mol. The number of hydrogen-bond acceptors (Lipinski definition) is 5. The number of esters is 1. The van der Waals surface area contributed by atoms with E-state index in [4.69, 9.17) is 4.74 Å². The second kappa shape index (κ2) is 66.1. The van der Waals surface area contributed by atoms with Gasteiger partial charge in [-0.3, -0.25) is 9.59 Å². The van der Waals surface area contributed by atoms with Gasteiger partial charge in [-0.1, -0.05) is 347 Å². The highest BCUT2D eigenvalue weighted by Crippen LogP contribution is 2.19. The smallest absolute Gasteiger partial charge is 0.305 e. The Hall–Kier alpha value is -1.40. The Labute approximate surface area is 476 Å². The molecule has 3 N–H and O–H groups in total. The third-order valence-electron chi connectivity index (χ3n) is 16.6. The molecular formula is C70H137NO5. The number of aliphatic hydroxyl groups is 2. The molecule has 0 bridgehead atoms. The summed E-state index contributed by atoms with van der Waals surface area (Å²) in [7, 11) is 0. The van der Waals surface area contributed by atoms with E-state index < -0.39 is 12.1 Å². The summed E-state index contributed by atoms with van der Waals surface area (Å²) in [4.78, 5) is 24.7. The van der Waals surface area contributed by atoms with Crippen molar-refractivity contribution in [3.63, 3.8) is 0 Å². The molecule has 0 radical (unpaired) electrons. The summed E-state index contributed by atoms with van der Waals surface area (Å²) in [6.45, 7) is 4.99. The van der Waals surface area contributed by atoms with Gasteiger partial charge in [-0.2, -0.15) is 0 Å². The minimum atomic E-state index is -0.666. The summed E-state index contributed by atoms with van der Waals surface area (Å²) in [5.41, 5.74) is 0. The summed E-state index contributed by atoms with van der Waals surface area (Å²) >= 11 is 0. The highest BCUT2D eigenvalue weighted by Gasteiger charge is 2.20. The number of carbonyl (C=O) groups is 2. The summed E-state index contributed by atoms with van der Waals surface area (Å²) in [5, 5.41) is 23.4. The van der Waals surface area contributed by atoms with E-state index in [1.165, 1.54) is 321 Å². The summed E-state index contributed by atoms with van der Waals surface area (Å²) in [6, 6.07) is -0.543. The van der Waals surface area contributed by atoms with Gasteiger partial charge in [0, 0.05) is 12.8 Å². The van der Waals surface area contributed by atoms with E-state index in [0.717, 1.165) is 44.9 Å². The largest absolute Gasteiger partial charge is 0.466 e. The fourth-order valence-electron chi connectivity index (χ4n) is 11.2. The molecule has 452 valence electrons. The van der Waals surface area contributed by atoms with E-state index in [1.807, 2.05) is 0 Å². The summed E-state index contributed by atoms with van der Waals surface area (Å²) in [6.07, 6.45) is 81.0. The number of nitrogens with one attached hydrogen (secondary N) is 1. The van der Waals surface area contributed by atoms with E-state index in [9.17, 15) is 19.8 Å². The van der Waals surface area contributed by atoms with Crippen LogP contribution in [0.15, 0.2) is 12.2 Å². The molecule has 0 aromatic carbocycles. The normalized spacial score (nSPS) is 12.5. The SMILES string of the molecule is CCCCCCCC/C=C\CCCCCCCCCCCC(=O)OCCCCCCCCCCCCCCCCCCCCCCC(=O)NC(CO)C(O)CCCCCCCCCCCCCCCCCCCCCC. The van der Waals surface area contributed by atoms with Crippen LogP contribution in [0, 0.1) is 0 Å². The van der Waals surface area contributed by atoms with E-state index in [2.05, 4.69) is 31.3 Å². The molecule has 0 saturated heterocycles. The van der Waals surface area contributed by atoms with Crippen LogP contribution >= 0.6 is 0 Å². The van der Waals surface area contributed by atoms with Crippen LogP contribution in [0.4, 0.5) is 0 Å². The van der Waals surface area contributed by atoms with Crippen molar-refractivity contribution in [1.29, 1.82) is 0 Å². The maximum Gasteiger partial charge on any atom is 0.305 e. The van der Waals surface area contributed by atoms with Crippen LogP contribution in [0.3, 0.4) is 0 Å². The lowest BCUT2D eigenvalue weighted by molar-refractivity contribution is -0.143. The molecule has 0 fully saturated rings. The Morgan fingerprint density at radius 1 is 0.355 bits per heavy atom. The summed E-state index contributed by atoms with van der Waals surface area (Å²) in [5.74, 6) is -0.0206. The Bertz CT molecular complexity index is 1140.